The van der Waals surface area contributed by atoms with Crippen molar-refractivity contribution in [2.75, 3.05) is 13.1 Å². The Morgan fingerprint density at radius 1 is 1.28 bits per heavy atom. The summed E-state index contributed by atoms with van der Waals surface area (Å²) in [7, 11) is 0. The van der Waals surface area contributed by atoms with Crippen molar-refractivity contribution in [3.8, 4) is 12.3 Å². The molecule has 0 unspecified atom stereocenters. The quantitative estimate of drug-likeness (QED) is 0.565. The van der Waals surface area contributed by atoms with Gasteiger partial charge in [-0.15, -0.1) is 12.3 Å². The lowest BCUT2D eigenvalue weighted by Gasteiger charge is -2.27. The lowest BCUT2D eigenvalue weighted by Crippen LogP contribution is -2.50. The molecule has 4 nitrogen and oxygen atoms in total. The van der Waals surface area contributed by atoms with Crippen LogP contribution in [0.25, 0.3) is 0 Å². The summed E-state index contributed by atoms with van der Waals surface area (Å²) in [5.74, 6) is 2.60. The predicted molar refractivity (Wildman–Crippen MR) is 74.4 cm³/mol. The summed E-state index contributed by atoms with van der Waals surface area (Å²) in [5.41, 5.74) is -0.639. The summed E-state index contributed by atoms with van der Waals surface area (Å²) in [5, 5.41) is 6.10. The number of ether oxygens (including phenoxy) is 1. The number of carbonyl (C=O) groups is 1. The Balaban J connectivity index is 3.89. The highest BCUT2D eigenvalue weighted by Gasteiger charge is 2.20. The first kappa shape index (κ1) is 16.8. The number of hydrogen-bond acceptors (Lipinski definition) is 3. The first-order valence-electron chi connectivity index (χ1n) is 6.32. The summed E-state index contributed by atoms with van der Waals surface area (Å²) in [6, 6.07) is 0. The number of carbonyl (C=O) groups excluding carboxylic acids is 1. The molecular formula is C14H26N2O2. The lowest BCUT2D eigenvalue weighted by molar-refractivity contribution is 0.0514. The van der Waals surface area contributed by atoms with E-state index in [4.69, 9.17) is 11.2 Å². The molecule has 0 saturated carbocycles. The first-order valence-corrected chi connectivity index (χ1v) is 6.32. The highest BCUT2D eigenvalue weighted by molar-refractivity contribution is 5.67. The third-order valence-electron chi connectivity index (χ3n) is 2.17. The zero-order valence-electron chi connectivity index (χ0n) is 12.2. The van der Waals surface area contributed by atoms with Gasteiger partial charge in [-0.2, -0.15) is 0 Å². The van der Waals surface area contributed by atoms with Crippen LogP contribution in [0, 0.1) is 12.3 Å². The molecule has 0 aromatic heterocycles. The first-order chi connectivity index (χ1) is 8.16. The van der Waals surface area contributed by atoms with E-state index < -0.39 is 5.60 Å². The van der Waals surface area contributed by atoms with Crippen LogP contribution in [-0.2, 0) is 4.74 Å². The molecule has 0 aliphatic heterocycles. The molecule has 0 spiro atoms. The second-order valence-corrected chi connectivity index (χ2v) is 5.97. The van der Waals surface area contributed by atoms with Crippen LogP contribution >= 0.6 is 0 Å². The molecule has 0 fully saturated rings. The van der Waals surface area contributed by atoms with Gasteiger partial charge in [-0.05, 0) is 47.6 Å². The second kappa shape index (κ2) is 7.27. The van der Waals surface area contributed by atoms with Crippen LogP contribution in [0.3, 0.4) is 0 Å². The van der Waals surface area contributed by atoms with E-state index in [9.17, 15) is 4.79 Å². The molecule has 104 valence electrons. The van der Waals surface area contributed by atoms with Gasteiger partial charge in [0.1, 0.15) is 5.60 Å². The molecule has 0 aliphatic carbocycles. The average molecular weight is 254 g/mol. The van der Waals surface area contributed by atoms with Crippen molar-refractivity contribution in [1.82, 2.24) is 10.6 Å². The summed E-state index contributed by atoms with van der Waals surface area (Å²) in [4.78, 5) is 11.5. The number of alkyl carbamates (subject to hydrolysis) is 1. The van der Waals surface area contributed by atoms with Crippen molar-refractivity contribution in [2.24, 2.45) is 0 Å². The molecule has 0 bridgehead atoms. The summed E-state index contributed by atoms with van der Waals surface area (Å²) in [6.45, 7) is 10.9. The Hall–Kier alpha value is -1.21. The van der Waals surface area contributed by atoms with E-state index in [0.29, 0.717) is 6.54 Å². The van der Waals surface area contributed by atoms with Gasteiger partial charge in [-0.25, -0.2) is 4.79 Å². The van der Waals surface area contributed by atoms with Gasteiger partial charge in [-0.3, -0.25) is 0 Å². The Kier molecular flexibility index (Phi) is 6.79. The molecule has 4 heteroatoms. The fraction of sp³-hybridized carbons (Fsp3) is 0.786. The van der Waals surface area contributed by atoms with Crippen molar-refractivity contribution >= 4 is 6.09 Å². The maximum atomic E-state index is 11.5. The minimum atomic E-state index is -0.464. The maximum absolute atomic E-state index is 11.5. The molecule has 0 radical (unpaired) electrons. The molecular weight excluding hydrogens is 228 g/mol. The van der Waals surface area contributed by atoms with Crippen LogP contribution in [-0.4, -0.2) is 30.3 Å². The highest BCUT2D eigenvalue weighted by Crippen LogP contribution is 2.07. The molecule has 0 heterocycles. The van der Waals surface area contributed by atoms with Gasteiger partial charge in [0.25, 0.3) is 0 Å². The third-order valence-corrected chi connectivity index (χ3v) is 2.17. The van der Waals surface area contributed by atoms with Crippen molar-refractivity contribution in [3.05, 3.63) is 0 Å². The SMILES string of the molecule is C#CCCCNC(C)(C)CNC(=O)OC(C)(C)C. The Labute approximate surface area is 111 Å². The lowest BCUT2D eigenvalue weighted by atomic mass is 10.1. The zero-order chi connectivity index (χ0) is 14.2. The van der Waals surface area contributed by atoms with Crippen molar-refractivity contribution in [3.63, 3.8) is 0 Å². The number of terminal acetylenes is 1. The van der Waals surface area contributed by atoms with E-state index in [0.717, 1.165) is 19.4 Å². The molecule has 18 heavy (non-hydrogen) atoms. The number of hydrogen-bond donors (Lipinski definition) is 2. The van der Waals surface area contributed by atoms with E-state index >= 15 is 0 Å². The standard InChI is InChI=1S/C14H26N2O2/c1-7-8-9-10-16-14(5,6)11-15-12(17)18-13(2,3)4/h1,16H,8-11H2,2-6H3,(H,15,17). The van der Waals surface area contributed by atoms with Gasteiger partial charge in [0.05, 0.1) is 0 Å². The smallest absolute Gasteiger partial charge is 0.407 e. The number of amides is 1. The van der Waals surface area contributed by atoms with E-state index in [1.807, 2.05) is 34.6 Å². The third kappa shape index (κ3) is 9.98. The number of unbranched alkanes of at least 4 members (excludes halogenated alkanes) is 1. The number of nitrogens with one attached hydrogen (secondary N) is 2. The summed E-state index contributed by atoms with van der Waals surface area (Å²) < 4.78 is 5.17. The molecule has 0 atom stereocenters. The normalized spacial score (nSPS) is 11.8. The minimum absolute atomic E-state index is 0.175. The Morgan fingerprint density at radius 2 is 1.89 bits per heavy atom. The van der Waals surface area contributed by atoms with Gasteiger partial charge < -0.3 is 15.4 Å². The van der Waals surface area contributed by atoms with Crippen molar-refractivity contribution in [2.45, 2.75) is 58.6 Å². The van der Waals surface area contributed by atoms with Gasteiger partial charge in [0.2, 0.25) is 0 Å². The Morgan fingerprint density at radius 3 is 2.39 bits per heavy atom. The van der Waals surface area contributed by atoms with E-state index in [2.05, 4.69) is 16.6 Å². The largest absolute Gasteiger partial charge is 0.444 e. The molecule has 0 aromatic rings. The highest BCUT2D eigenvalue weighted by atomic mass is 16.6. The van der Waals surface area contributed by atoms with Crippen LogP contribution in [0.15, 0.2) is 0 Å². The van der Waals surface area contributed by atoms with Crippen molar-refractivity contribution < 1.29 is 9.53 Å². The second-order valence-electron chi connectivity index (χ2n) is 5.97. The zero-order valence-corrected chi connectivity index (χ0v) is 12.2. The monoisotopic (exact) mass is 254 g/mol. The molecule has 0 aromatic carbocycles. The van der Waals surface area contributed by atoms with Crippen LogP contribution in [0.1, 0.15) is 47.5 Å². The predicted octanol–water partition coefficient (Wildman–Crippen LogP) is 2.29. The van der Waals surface area contributed by atoms with Gasteiger partial charge in [-0.1, -0.05) is 0 Å². The minimum Gasteiger partial charge on any atom is -0.444 e. The van der Waals surface area contributed by atoms with Crippen LogP contribution in [0.4, 0.5) is 4.79 Å². The topological polar surface area (TPSA) is 50.4 Å². The summed E-state index contributed by atoms with van der Waals surface area (Å²) >= 11 is 0. The fourth-order valence-electron chi connectivity index (χ4n) is 1.29. The molecule has 0 saturated heterocycles. The van der Waals surface area contributed by atoms with Gasteiger partial charge >= 0.3 is 6.09 Å². The van der Waals surface area contributed by atoms with Crippen LogP contribution < -0.4 is 10.6 Å². The fourth-order valence-corrected chi connectivity index (χ4v) is 1.29. The summed E-state index contributed by atoms with van der Waals surface area (Å²) in [6.07, 6.45) is 6.50. The van der Waals surface area contributed by atoms with E-state index in [1.54, 1.807) is 0 Å². The van der Waals surface area contributed by atoms with E-state index in [-0.39, 0.29) is 11.6 Å². The number of rotatable bonds is 6. The molecule has 2 N–H and O–H groups in total. The Bertz CT molecular complexity index is 298. The average Bonchev–Trinajstić information content (AvgIpc) is 2.20. The van der Waals surface area contributed by atoms with Crippen molar-refractivity contribution in [1.29, 1.82) is 0 Å². The molecule has 0 aliphatic rings. The molecule has 0 rings (SSSR count). The van der Waals surface area contributed by atoms with Gasteiger partial charge in [0, 0.05) is 18.5 Å². The van der Waals surface area contributed by atoms with Crippen LogP contribution in [0.5, 0.6) is 0 Å². The maximum Gasteiger partial charge on any atom is 0.407 e. The van der Waals surface area contributed by atoms with E-state index in [1.165, 1.54) is 0 Å². The molecule has 1 amide bonds. The van der Waals surface area contributed by atoms with Gasteiger partial charge in [0.15, 0.2) is 0 Å². The van der Waals surface area contributed by atoms with Crippen LogP contribution in [0.2, 0.25) is 0 Å².